The number of alkyl halides is 3. The molecule has 2 heterocycles. The van der Waals surface area contributed by atoms with Crippen molar-refractivity contribution in [2.24, 2.45) is 0 Å². The Morgan fingerprint density at radius 2 is 2.17 bits per heavy atom. The van der Waals surface area contributed by atoms with Crippen molar-refractivity contribution in [2.45, 2.75) is 18.6 Å². The fourth-order valence-corrected chi connectivity index (χ4v) is 2.45. The molecule has 1 aliphatic heterocycles. The number of rotatable bonds is 3. The number of benzene rings is 1. The van der Waals surface area contributed by atoms with Crippen LogP contribution in [0.15, 0.2) is 36.5 Å². The minimum atomic E-state index is -4.42. The van der Waals surface area contributed by atoms with Crippen LogP contribution in [0.2, 0.25) is 0 Å². The first kappa shape index (κ1) is 15.5. The van der Waals surface area contributed by atoms with Crippen LogP contribution in [0.1, 0.15) is 22.5 Å². The number of carbonyl (C=O) groups is 1. The van der Waals surface area contributed by atoms with Crippen LogP contribution >= 0.6 is 0 Å². The molecule has 1 fully saturated rings. The lowest BCUT2D eigenvalue weighted by Crippen LogP contribution is -2.36. The smallest absolute Gasteiger partial charge is 0.347 e. The predicted octanol–water partition coefficient (Wildman–Crippen LogP) is 1.98. The van der Waals surface area contributed by atoms with E-state index in [0.717, 1.165) is 25.1 Å². The van der Waals surface area contributed by atoms with E-state index in [1.165, 1.54) is 29.1 Å². The Balaban J connectivity index is 1.77. The van der Waals surface area contributed by atoms with Gasteiger partial charge in [0.2, 0.25) is 0 Å². The Morgan fingerprint density at radius 3 is 2.87 bits per heavy atom. The Kier molecular flexibility index (Phi) is 4.08. The molecule has 0 saturated carbocycles. The van der Waals surface area contributed by atoms with Gasteiger partial charge in [0.15, 0.2) is 5.69 Å². The van der Waals surface area contributed by atoms with Crippen molar-refractivity contribution in [3.05, 3.63) is 47.8 Å². The molecule has 1 amide bonds. The fraction of sp³-hybridized carbons (Fsp3) is 0.333. The maximum Gasteiger partial charge on any atom is 0.416 e. The molecular formula is C15H15F3N4O. The van der Waals surface area contributed by atoms with Crippen LogP contribution in [0, 0.1) is 0 Å². The Morgan fingerprint density at radius 1 is 1.35 bits per heavy atom. The highest BCUT2D eigenvalue weighted by Gasteiger charge is 2.30. The molecule has 1 aliphatic rings. The number of nitrogens with one attached hydrogen (secondary N) is 2. The molecule has 0 aliphatic carbocycles. The molecule has 1 aromatic heterocycles. The molecule has 3 rings (SSSR count). The summed E-state index contributed by atoms with van der Waals surface area (Å²) in [6, 6.07) is 6.34. The molecule has 122 valence electrons. The van der Waals surface area contributed by atoms with Crippen LogP contribution in [0.4, 0.5) is 13.2 Å². The van der Waals surface area contributed by atoms with Crippen LogP contribution in [0.3, 0.4) is 0 Å². The fourth-order valence-electron chi connectivity index (χ4n) is 2.45. The zero-order valence-corrected chi connectivity index (χ0v) is 12.1. The molecule has 1 saturated heterocycles. The second kappa shape index (κ2) is 6.04. The third-order valence-electron chi connectivity index (χ3n) is 3.66. The molecule has 0 radical (unpaired) electrons. The maximum absolute atomic E-state index is 12.7. The lowest BCUT2D eigenvalue weighted by molar-refractivity contribution is -0.137. The zero-order valence-electron chi connectivity index (χ0n) is 12.1. The lowest BCUT2D eigenvalue weighted by atomic mass is 10.2. The molecule has 2 N–H and O–H groups in total. The average Bonchev–Trinajstić information content (AvgIpc) is 3.17. The average molecular weight is 324 g/mol. The molecule has 2 aromatic rings. The van der Waals surface area contributed by atoms with E-state index in [1.807, 2.05) is 0 Å². The first-order chi connectivity index (χ1) is 10.9. The number of carbonyl (C=O) groups excluding carboxylic acids is 1. The Hall–Kier alpha value is -2.35. The summed E-state index contributed by atoms with van der Waals surface area (Å²) in [5, 5.41) is 10.0. The molecule has 0 spiro atoms. The third-order valence-corrected chi connectivity index (χ3v) is 3.66. The van der Waals surface area contributed by atoms with Crippen molar-refractivity contribution in [3.63, 3.8) is 0 Å². The van der Waals surface area contributed by atoms with Gasteiger partial charge in [-0.1, -0.05) is 6.07 Å². The van der Waals surface area contributed by atoms with Gasteiger partial charge in [-0.25, -0.2) is 4.68 Å². The standard InChI is InChI=1S/C15H15F3N4O/c16-15(17,18)10-2-1-3-12(8-10)22-7-5-13(21-22)14(23)20-11-4-6-19-9-11/h1-3,5,7-8,11,19H,4,6,9H2,(H,20,23). The van der Waals surface area contributed by atoms with E-state index < -0.39 is 11.7 Å². The number of halogens is 3. The molecule has 1 atom stereocenters. The summed E-state index contributed by atoms with van der Waals surface area (Å²) < 4.78 is 39.5. The van der Waals surface area contributed by atoms with Crippen LogP contribution in [-0.2, 0) is 6.18 Å². The third kappa shape index (κ3) is 3.53. The first-order valence-electron chi connectivity index (χ1n) is 7.18. The maximum atomic E-state index is 12.7. The van der Waals surface area contributed by atoms with E-state index in [9.17, 15) is 18.0 Å². The second-order valence-corrected chi connectivity index (χ2v) is 5.36. The van der Waals surface area contributed by atoms with Crippen LogP contribution in [-0.4, -0.2) is 34.8 Å². The Bertz CT molecular complexity index is 705. The van der Waals surface area contributed by atoms with Gasteiger partial charge >= 0.3 is 6.18 Å². The van der Waals surface area contributed by atoms with Crippen molar-refractivity contribution in [3.8, 4) is 5.69 Å². The van der Waals surface area contributed by atoms with Crippen molar-refractivity contribution >= 4 is 5.91 Å². The highest BCUT2D eigenvalue weighted by molar-refractivity contribution is 5.92. The van der Waals surface area contributed by atoms with Gasteiger partial charge in [0.05, 0.1) is 11.3 Å². The van der Waals surface area contributed by atoms with Gasteiger partial charge < -0.3 is 10.6 Å². The summed E-state index contributed by atoms with van der Waals surface area (Å²) in [6.45, 7) is 1.56. The van der Waals surface area contributed by atoms with Crippen molar-refractivity contribution in [1.29, 1.82) is 0 Å². The van der Waals surface area contributed by atoms with E-state index in [1.54, 1.807) is 0 Å². The van der Waals surface area contributed by atoms with E-state index in [0.29, 0.717) is 6.54 Å². The highest BCUT2D eigenvalue weighted by Crippen LogP contribution is 2.30. The molecule has 8 heteroatoms. The summed E-state index contributed by atoms with van der Waals surface area (Å²) in [4.78, 5) is 12.1. The number of aromatic nitrogens is 2. The molecule has 5 nitrogen and oxygen atoms in total. The van der Waals surface area contributed by atoms with Gasteiger partial charge in [-0.05, 0) is 37.2 Å². The van der Waals surface area contributed by atoms with E-state index >= 15 is 0 Å². The number of hydrogen-bond acceptors (Lipinski definition) is 3. The van der Waals surface area contributed by atoms with E-state index in [4.69, 9.17) is 0 Å². The summed E-state index contributed by atoms with van der Waals surface area (Å²) in [6.07, 6.45) is -2.10. The van der Waals surface area contributed by atoms with Crippen molar-refractivity contribution in [1.82, 2.24) is 20.4 Å². The van der Waals surface area contributed by atoms with Crippen molar-refractivity contribution < 1.29 is 18.0 Å². The Labute approximate surface area is 130 Å². The predicted molar refractivity (Wildman–Crippen MR) is 77.3 cm³/mol. The summed E-state index contributed by atoms with van der Waals surface area (Å²) >= 11 is 0. The van der Waals surface area contributed by atoms with Gasteiger partial charge in [0.25, 0.3) is 5.91 Å². The van der Waals surface area contributed by atoms with Gasteiger partial charge in [-0.3, -0.25) is 4.79 Å². The molecular weight excluding hydrogens is 309 g/mol. The normalized spacial score (nSPS) is 18.1. The lowest BCUT2D eigenvalue weighted by Gasteiger charge is -2.10. The minimum Gasteiger partial charge on any atom is -0.347 e. The molecule has 23 heavy (non-hydrogen) atoms. The monoisotopic (exact) mass is 324 g/mol. The first-order valence-corrected chi connectivity index (χ1v) is 7.18. The SMILES string of the molecule is O=C(NC1CCNC1)c1ccn(-c2cccc(C(F)(F)F)c2)n1. The van der Waals surface area contributed by atoms with Gasteiger partial charge in [0, 0.05) is 18.8 Å². The van der Waals surface area contributed by atoms with Gasteiger partial charge in [-0.2, -0.15) is 18.3 Å². The van der Waals surface area contributed by atoms with Crippen LogP contribution in [0.5, 0.6) is 0 Å². The zero-order chi connectivity index (χ0) is 16.4. The number of hydrogen-bond donors (Lipinski definition) is 2. The van der Waals surface area contributed by atoms with Gasteiger partial charge in [-0.15, -0.1) is 0 Å². The topological polar surface area (TPSA) is 59.0 Å². The summed E-state index contributed by atoms with van der Waals surface area (Å²) in [5.74, 6) is -0.329. The number of amides is 1. The largest absolute Gasteiger partial charge is 0.416 e. The summed E-state index contributed by atoms with van der Waals surface area (Å²) in [7, 11) is 0. The van der Waals surface area contributed by atoms with Gasteiger partial charge in [0.1, 0.15) is 0 Å². The highest BCUT2D eigenvalue weighted by atomic mass is 19.4. The minimum absolute atomic E-state index is 0.0567. The second-order valence-electron chi connectivity index (χ2n) is 5.36. The number of nitrogens with zero attached hydrogens (tertiary/aromatic N) is 2. The van der Waals surface area contributed by atoms with Crippen LogP contribution < -0.4 is 10.6 Å². The molecule has 0 bridgehead atoms. The summed E-state index contributed by atoms with van der Waals surface area (Å²) in [5.41, 5.74) is -0.329. The quantitative estimate of drug-likeness (QED) is 0.908. The van der Waals surface area contributed by atoms with E-state index in [-0.39, 0.29) is 23.3 Å². The van der Waals surface area contributed by atoms with E-state index in [2.05, 4.69) is 15.7 Å². The van der Waals surface area contributed by atoms with Crippen molar-refractivity contribution in [2.75, 3.05) is 13.1 Å². The molecule has 1 aromatic carbocycles. The molecule has 1 unspecified atom stereocenters. The van der Waals surface area contributed by atoms with Crippen LogP contribution in [0.25, 0.3) is 5.69 Å².